The molecule has 14 heavy (non-hydrogen) atoms. The second-order valence-electron chi connectivity index (χ2n) is 2.35. The molecule has 0 atom stereocenters. The van der Waals surface area contributed by atoms with Crippen molar-refractivity contribution in [3.05, 3.63) is 24.3 Å². The molecular formula is C8H5N4RhS-. The maximum absolute atomic E-state index is 8.69. The van der Waals surface area contributed by atoms with Crippen molar-refractivity contribution in [3.63, 3.8) is 0 Å². The van der Waals surface area contributed by atoms with Gasteiger partial charge in [0.15, 0.2) is 5.69 Å². The Morgan fingerprint density at radius 3 is 3.07 bits per heavy atom. The minimum atomic E-state index is 0. The monoisotopic (exact) mass is 292 g/mol. The molecule has 4 nitrogen and oxygen atoms in total. The van der Waals surface area contributed by atoms with Gasteiger partial charge in [-0.05, 0) is 6.26 Å². The number of nitrogens with zero attached hydrogens (tertiary/aromatic N) is 4. The maximum atomic E-state index is 8.69. The van der Waals surface area contributed by atoms with Gasteiger partial charge in [0.25, 0.3) is 0 Å². The van der Waals surface area contributed by atoms with E-state index in [-0.39, 0.29) is 19.5 Å². The van der Waals surface area contributed by atoms with Gasteiger partial charge in [0, 0.05) is 31.3 Å². The van der Waals surface area contributed by atoms with Crippen molar-refractivity contribution >= 4 is 17.4 Å². The van der Waals surface area contributed by atoms with E-state index in [9.17, 15) is 0 Å². The van der Waals surface area contributed by atoms with Gasteiger partial charge in [0.05, 0.1) is 5.03 Å². The smallest absolute Gasteiger partial charge is 0.155 e. The molecule has 73 valence electrons. The van der Waals surface area contributed by atoms with E-state index in [0.717, 1.165) is 10.7 Å². The largest absolute Gasteiger partial charge is 0.433 e. The van der Waals surface area contributed by atoms with E-state index >= 15 is 0 Å². The van der Waals surface area contributed by atoms with Crippen LogP contribution < -0.4 is 0 Å². The van der Waals surface area contributed by atoms with Crippen LogP contribution in [0.2, 0.25) is 0 Å². The number of hydrogen-bond donors (Lipinski definition) is 0. The summed E-state index contributed by atoms with van der Waals surface area (Å²) in [7, 11) is 0. The van der Waals surface area contributed by atoms with Crippen molar-refractivity contribution in [1.29, 1.82) is 5.26 Å². The van der Waals surface area contributed by atoms with Crippen LogP contribution in [0, 0.1) is 17.5 Å². The summed E-state index contributed by atoms with van der Waals surface area (Å²) in [6.45, 7) is 0. The summed E-state index contributed by atoms with van der Waals surface area (Å²) in [6, 6.07) is 2.00. The standard InChI is InChI=1S/C8H5N4S.Rh/c1-13-8-7-10-2-3-12(7)5-6(4-9)11-8;/h3,5H,1H3;/q-1;. The van der Waals surface area contributed by atoms with Crippen LogP contribution >= 0.6 is 11.8 Å². The van der Waals surface area contributed by atoms with Crippen LogP contribution in [0.4, 0.5) is 0 Å². The maximum Gasteiger partial charge on any atom is 0.155 e. The third-order valence-corrected chi connectivity index (χ3v) is 2.25. The molecule has 0 N–H and O–H groups in total. The van der Waals surface area contributed by atoms with Gasteiger partial charge in [-0.15, -0.1) is 18.0 Å². The first-order chi connectivity index (χ1) is 6.35. The predicted molar refractivity (Wildman–Crippen MR) is 48.3 cm³/mol. The van der Waals surface area contributed by atoms with Crippen LogP contribution in [0.25, 0.3) is 5.65 Å². The number of fused-ring (bicyclic) bond motifs is 1. The van der Waals surface area contributed by atoms with E-state index in [0.29, 0.717) is 5.69 Å². The molecule has 2 rings (SSSR count). The molecule has 0 saturated heterocycles. The number of aromatic nitrogens is 3. The minimum absolute atomic E-state index is 0. The van der Waals surface area contributed by atoms with Gasteiger partial charge >= 0.3 is 0 Å². The molecule has 2 aromatic rings. The SMILES string of the molecule is CSc1nc(C#N)cn2c[c-]nc12.[Rh]. The Kier molecular flexibility index (Phi) is 3.62. The molecule has 0 aliphatic carbocycles. The molecule has 0 spiro atoms. The van der Waals surface area contributed by atoms with Gasteiger partial charge in [-0.2, -0.15) is 5.26 Å². The molecule has 1 radical (unpaired) electrons. The van der Waals surface area contributed by atoms with Crippen molar-refractivity contribution in [2.45, 2.75) is 5.03 Å². The zero-order valence-corrected chi connectivity index (χ0v) is 9.64. The molecule has 0 saturated carbocycles. The van der Waals surface area contributed by atoms with Crippen LogP contribution in [0.5, 0.6) is 0 Å². The number of hydrogen-bond acceptors (Lipinski definition) is 4. The average Bonchev–Trinajstić information content (AvgIpc) is 2.63. The number of nitriles is 1. The van der Waals surface area contributed by atoms with Crippen molar-refractivity contribution in [3.8, 4) is 6.07 Å². The fourth-order valence-electron chi connectivity index (χ4n) is 1.04. The van der Waals surface area contributed by atoms with Crippen molar-refractivity contribution in [2.75, 3.05) is 6.26 Å². The number of thioether (sulfide) groups is 1. The molecule has 0 amide bonds. The first-order valence-corrected chi connectivity index (χ1v) is 4.77. The van der Waals surface area contributed by atoms with E-state index < -0.39 is 0 Å². The van der Waals surface area contributed by atoms with Crippen LogP contribution in [-0.2, 0) is 19.5 Å². The quantitative estimate of drug-likeness (QED) is 0.449. The molecule has 2 aromatic heterocycles. The normalized spacial score (nSPS) is 9.43. The Labute approximate surface area is 98.1 Å². The molecule has 2 heterocycles. The Hall–Kier alpha value is -0.917. The van der Waals surface area contributed by atoms with Crippen molar-refractivity contribution < 1.29 is 19.5 Å². The first kappa shape index (κ1) is 11.2. The summed E-state index contributed by atoms with van der Waals surface area (Å²) in [5.41, 5.74) is 1.13. The van der Waals surface area contributed by atoms with Crippen LogP contribution in [0.15, 0.2) is 17.4 Å². The third kappa shape index (κ3) is 1.79. The second kappa shape index (κ2) is 4.54. The Balaban J connectivity index is 0.000000980. The first-order valence-electron chi connectivity index (χ1n) is 3.55. The second-order valence-corrected chi connectivity index (χ2v) is 3.14. The van der Waals surface area contributed by atoms with E-state index in [1.165, 1.54) is 11.8 Å². The fourth-order valence-corrected chi connectivity index (χ4v) is 1.56. The van der Waals surface area contributed by atoms with Gasteiger partial charge < -0.3 is 9.38 Å². The molecule has 0 bridgehead atoms. The van der Waals surface area contributed by atoms with Gasteiger partial charge in [0.1, 0.15) is 6.07 Å². The van der Waals surface area contributed by atoms with Gasteiger partial charge in [0.2, 0.25) is 0 Å². The van der Waals surface area contributed by atoms with Crippen molar-refractivity contribution in [1.82, 2.24) is 14.4 Å². The van der Waals surface area contributed by atoms with Gasteiger partial charge in [-0.1, -0.05) is 6.20 Å². The molecule has 0 unspecified atom stereocenters. The Morgan fingerprint density at radius 1 is 1.64 bits per heavy atom. The zero-order chi connectivity index (χ0) is 9.26. The van der Waals surface area contributed by atoms with Gasteiger partial charge in [-0.3, -0.25) is 0 Å². The van der Waals surface area contributed by atoms with Crippen LogP contribution in [0.1, 0.15) is 5.69 Å². The summed E-state index contributed by atoms with van der Waals surface area (Å²) in [4.78, 5) is 8.12. The molecule has 0 aliphatic heterocycles. The Morgan fingerprint density at radius 2 is 2.43 bits per heavy atom. The number of rotatable bonds is 1. The van der Waals surface area contributed by atoms with Gasteiger partial charge in [-0.25, -0.2) is 4.98 Å². The molecule has 0 aromatic carbocycles. The van der Waals surface area contributed by atoms with E-state index in [1.54, 1.807) is 16.8 Å². The molecular weight excluding hydrogens is 287 g/mol. The molecule has 0 aliphatic rings. The summed E-state index contributed by atoms with van der Waals surface area (Å²) < 4.78 is 1.75. The average molecular weight is 292 g/mol. The van der Waals surface area contributed by atoms with Crippen LogP contribution in [0.3, 0.4) is 0 Å². The topological polar surface area (TPSA) is 54.0 Å². The number of imidazole rings is 1. The van der Waals surface area contributed by atoms with E-state index in [2.05, 4.69) is 16.2 Å². The summed E-state index contributed by atoms with van der Waals surface area (Å²) in [6.07, 6.45) is 7.93. The summed E-state index contributed by atoms with van der Waals surface area (Å²) in [5.74, 6) is 0. The van der Waals surface area contributed by atoms with Crippen molar-refractivity contribution in [2.24, 2.45) is 0 Å². The van der Waals surface area contributed by atoms with E-state index in [4.69, 9.17) is 5.26 Å². The minimum Gasteiger partial charge on any atom is -0.433 e. The summed E-state index contributed by atoms with van der Waals surface area (Å²) in [5, 5.41) is 9.44. The Bertz CT molecular complexity index is 488. The fraction of sp³-hybridized carbons (Fsp3) is 0.125. The van der Waals surface area contributed by atoms with Crippen LogP contribution in [-0.4, -0.2) is 20.6 Å². The third-order valence-electron chi connectivity index (χ3n) is 1.59. The predicted octanol–water partition coefficient (Wildman–Crippen LogP) is 1.12. The summed E-state index contributed by atoms with van der Waals surface area (Å²) >= 11 is 1.47. The molecule has 6 heteroatoms. The zero-order valence-electron chi connectivity index (χ0n) is 7.19. The van der Waals surface area contributed by atoms with E-state index in [1.807, 2.05) is 12.3 Å². The molecule has 0 fully saturated rings.